The lowest BCUT2D eigenvalue weighted by Gasteiger charge is -2.56. The van der Waals surface area contributed by atoms with Gasteiger partial charge in [-0.05, 0) is 37.0 Å². The van der Waals surface area contributed by atoms with Gasteiger partial charge in [-0.3, -0.25) is 0 Å². The van der Waals surface area contributed by atoms with Crippen LogP contribution in [0.3, 0.4) is 0 Å². The molecular weight excluding hydrogens is 208 g/mol. The van der Waals surface area contributed by atoms with Crippen molar-refractivity contribution in [1.82, 2.24) is 9.62 Å². The average Bonchev–Trinajstić information content (AvgIpc) is 2.02. The van der Waals surface area contributed by atoms with Gasteiger partial charge in [0.1, 0.15) is 0 Å². The Morgan fingerprint density at radius 3 is 2.47 bits per heavy atom. The molecule has 3 nitrogen and oxygen atoms in total. The molecule has 1 spiro atoms. The number of hydrogen-bond donors (Lipinski definition) is 2. The molecule has 3 fully saturated rings. The van der Waals surface area contributed by atoms with Crippen LogP contribution in [0.1, 0.15) is 32.1 Å². The molecule has 0 atom stereocenters. The third-order valence-corrected chi connectivity index (χ3v) is 5.23. The Balaban J connectivity index is 1.49. The summed E-state index contributed by atoms with van der Waals surface area (Å²) < 4.78 is 13.3. The van der Waals surface area contributed by atoms with Crippen LogP contribution in [0.25, 0.3) is 0 Å². The normalized spacial score (nSPS) is 29.9. The molecule has 2 saturated carbocycles. The van der Waals surface area contributed by atoms with Crippen LogP contribution in [0.4, 0.5) is 0 Å². The molecule has 4 heteroatoms. The quantitative estimate of drug-likeness (QED) is 0.694. The highest BCUT2D eigenvalue weighted by molar-refractivity contribution is 7.63. The predicted octanol–water partition coefficient (Wildman–Crippen LogP) is 0.701. The summed E-state index contributed by atoms with van der Waals surface area (Å²) in [6, 6.07) is 0.604. The Hall–Kier alpha value is 0.0700. The van der Waals surface area contributed by atoms with Crippen LogP contribution in [0.5, 0.6) is 0 Å². The Kier molecular flexibility index (Phi) is 2.61. The van der Waals surface area contributed by atoms with Crippen molar-refractivity contribution in [2.45, 2.75) is 38.1 Å². The van der Waals surface area contributed by atoms with E-state index in [0.29, 0.717) is 11.5 Å². The molecule has 2 aliphatic carbocycles. The zero-order valence-electron chi connectivity index (χ0n) is 9.11. The maximum atomic E-state index is 11.1. The van der Waals surface area contributed by atoms with Crippen LogP contribution < -0.4 is 5.32 Å². The molecule has 1 heterocycles. The fourth-order valence-electron chi connectivity index (χ4n) is 3.11. The summed E-state index contributed by atoms with van der Waals surface area (Å²) in [5, 5.41) is 3.35. The van der Waals surface area contributed by atoms with Crippen LogP contribution in [0.15, 0.2) is 0 Å². The summed E-state index contributed by atoms with van der Waals surface area (Å²) in [4.78, 5) is 0. The van der Waals surface area contributed by atoms with Gasteiger partial charge in [0, 0.05) is 25.7 Å². The molecule has 86 valence electrons. The first-order chi connectivity index (χ1) is 7.31. The van der Waals surface area contributed by atoms with Gasteiger partial charge in [-0.1, -0.05) is 6.42 Å². The minimum atomic E-state index is 0.256. The van der Waals surface area contributed by atoms with Crippen molar-refractivity contribution in [2.24, 2.45) is 11.3 Å². The highest BCUT2D eigenvalue weighted by Crippen LogP contribution is 2.46. The summed E-state index contributed by atoms with van der Waals surface area (Å²) in [5.41, 5.74) is 0.604. The van der Waals surface area contributed by atoms with Crippen molar-refractivity contribution in [3.05, 3.63) is 0 Å². The second-order valence-electron chi connectivity index (χ2n) is 5.67. The van der Waals surface area contributed by atoms with E-state index in [9.17, 15) is 4.21 Å². The fraction of sp³-hybridized carbons (Fsp3) is 1.00. The lowest BCUT2D eigenvalue weighted by atomic mass is 9.61. The smallest absolute Gasteiger partial charge is 0.0811 e. The number of nitrogens with zero attached hydrogens (tertiary/aromatic N) is 1. The molecule has 0 amide bonds. The van der Waals surface area contributed by atoms with E-state index in [2.05, 4.69) is 9.62 Å². The second-order valence-corrected chi connectivity index (χ2v) is 6.34. The van der Waals surface area contributed by atoms with Crippen molar-refractivity contribution < 1.29 is 4.21 Å². The van der Waals surface area contributed by atoms with Gasteiger partial charge >= 0.3 is 0 Å². The van der Waals surface area contributed by atoms with Gasteiger partial charge in [-0.25, -0.2) is 8.51 Å². The topological polar surface area (TPSA) is 32.3 Å². The number of hydrogen-bond acceptors (Lipinski definition) is 2. The minimum absolute atomic E-state index is 0.256. The molecule has 1 saturated heterocycles. The predicted molar refractivity (Wildman–Crippen MR) is 61.9 cm³/mol. The molecule has 0 aromatic rings. The molecular formula is C11H20N2OS. The van der Waals surface area contributed by atoms with E-state index < -0.39 is 0 Å². The lowest BCUT2D eigenvalue weighted by molar-refractivity contribution is -0.0102. The fourth-order valence-corrected chi connectivity index (χ4v) is 3.70. The molecule has 15 heavy (non-hydrogen) atoms. The van der Waals surface area contributed by atoms with Crippen LogP contribution in [0.2, 0.25) is 0 Å². The maximum Gasteiger partial charge on any atom is 0.0811 e. The van der Waals surface area contributed by atoms with E-state index in [-0.39, 0.29) is 11.9 Å². The van der Waals surface area contributed by atoms with Crippen molar-refractivity contribution in [3.8, 4) is 0 Å². The van der Waals surface area contributed by atoms with Gasteiger partial charge in [-0.2, -0.15) is 0 Å². The summed E-state index contributed by atoms with van der Waals surface area (Å²) in [6.07, 6.45) is 6.62. The zero-order chi connectivity index (χ0) is 10.3. The van der Waals surface area contributed by atoms with Crippen molar-refractivity contribution >= 4 is 11.9 Å². The van der Waals surface area contributed by atoms with Crippen molar-refractivity contribution in [1.29, 1.82) is 0 Å². The first-order valence-electron chi connectivity index (χ1n) is 6.12. The number of thiol groups is 1. The van der Waals surface area contributed by atoms with E-state index in [1.54, 1.807) is 0 Å². The third-order valence-electron chi connectivity index (χ3n) is 4.53. The van der Waals surface area contributed by atoms with Gasteiger partial charge in [0.25, 0.3) is 0 Å². The average molecular weight is 228 g/mol. The summed E-state index contributed by atoms with van der Waals surface area (Å²) in [5.74, 6) is 0.836. The summed E-state index contributed by atoms with van der Waals surface area (Å²) >= 11 is 0.256. The SMILES string of the molecule is O=[SH]N(CC1CCC1)C1CC2(CNC2)C1. The van der Waals surface area contributed by atoms with Crippen LogP contribution >= 0.6 is 0 Å². The van der Waals surface area contributed by atoms with Gasteiger partial charge in [-0.15, -0.1) is 0 Å². The third kappa shape index (κ3) is 1.77. The molecule has 0 aromatic carbocycles. The van der Waals surface area contributed by atoms with Crippen LogP contribution in [0, 0.1) is 11.3 Å². The highest BCUT2D eigenvalue weighted by atomic mass is 32.2. The molecule has 3 rings (SSSR count). The molecule has 0 bridgehead atoms. The van der Waals surface area contributed by atoms with Gasteiger partial charge in [0.05, 0.1) is 11.9 Å². The standard InChI is InChI=1S/C11H20N2OS/c14-15-13(6-9-2-1-3-9)10-4-11(5-10)7-12-8-11/h9-10,12,15H,1-8H2. The van der Waals surface area contributed by atoms with E-state index in [1.807, 2.05) is 0 Å². The largest absolute Gasteiger partial charge is 0.316 e. The highest BCUT2D eigenvalue weighted by Gasteiger charge is 2.50. The Bertz CT molecular complexity index is 255. The second kappa shape index (κ2) is 3.82. The Morgan fingerprint density at radius 1 is 1.33 bits per heavy atom. The zero-order valence-corrected chi connectivity index (χ0v) is 10.0. The van der Waals surface area contributed by atoms with Crippen molar-refractivity contribution in [2.75, 3.05) is 19.6 Å². The monoisotopic (exact) mass is 228 g/mol. The molecule has 1 N–H and O–H groups in total. The maximum absolute atomic E-state index is 11.1. The van der Waals surface area contributed by atoms with Gasteiger partial charge in [0.15, 0.2) is 0 Å². The molecule has 0 aromatic heterocycles. The van der Waals surface area contributed by atoms with Gasteiger partial charge < -0.3 is 5.32 Å². The number of nitrogens with one attached hydrogen (secondary N) is 1. The molecule has 0 radical (unpaired) electrons. The summed E-state index contributed by atoms with van der Waals surface area (Å²) in [6.45, 7) is 3.45. The first kappa shape index (κ1) is 10.2. The minimum Gasteiger partial charge on any atom is -0.316 e. The van der Waals surface area contributed by atoms with E-state index in [1.165, 1.54) is 45.2 Å². The molecule has 3 aliphatic rings. The van der Waals surface area contributed by atoms with E-state index in [4.69, 9.17) is 0 Å². The van der Waals surface area contributed by atoms with Crippen LogP contribution in [-0.4, -0.2) is 34.2 Å². The molecule has 0 unspecified atom stereocenters. The number of rotatable bonds is 4. The first-order valence-corrected chi connectivity index (χ1v) is 6.88. The Morgan fingerprint density at radius 2 is 2.07 bits per heavy atom. The molecule has 1 aliphatic heterocycles. The van der Waals surface area contributed by atoms with Crippen molar-refractivity contribution in [3.63, 3.8) is 0 Å². The summed E-state index contributed by atoms with van der Waals surface area (Å²) in [7, 11) is 0. The van der Waals surface area contributed by atoms with E-state index in [0.717, 1.165) is 12.5 Å². The van der Waals surface area contributed by atoms with Crippen LogP contribution in [-0.2, 0) is 11.9 Å². The lowest BCUT2D eigenvalue weighted by Crippen LogP contribution is -2.65. The van der Waals surface area contributed by atoms with Gasteiger partial charge in [0.2, 0.25) is 0 Å². The Labute approximate surface area is 95.2 Å². The van der Waals surface area contributed by atoms with E-state index >= 15 is 0 Å².